The van der Waals surface area contributed by atoms with Crippen molar-refractivity contribution in [3.8, 4) is 0 Å². The van der Waals surface area contributed by atoms with Crippen LogP contribution in [0, 0.1) is 6.92 Å². The van der Waals surface area contributed by atoms with Gasteiger partial charge in [-0.05, 0) is 37.6 Å². The number of ether oxygens (including phenoxy) is 1. The smallest absolute Gasteiger partial charge is 0.339 e. The van der Waals surface area contributed by atoms with Crippen molar-refractivity contribution in [1.82, 2.24) is 4.31 Å². The maximum Gasteiger partial charge on any atom is 0.339 e. The van der Waals surface area contributed by atoms with Crippen LogP contribution in [0.2, 0.25) is 5.02 Å². The van der Waals surface area contributed by atoms with Crippen LogP contribution in [0.5, 0.6) is 0 Å². The standard InChI is InChI=1S/C20H23ClN2O5S/c1-4-28-20(25)17-10-9-16(11-18(17)21)22-19(24)13-23(29(3,26)27)12-15-7-5-14(2)6-8-15/h5-11H,4,12-13H2,1-3H3,(H,22,24). The van der Waals surface area contributed by atoms with Crippen LogP contribution in [0.4, 0.5) is 5.69 Å². The lowest BCUT2D eigenvalue weighted by Crippen LogP contribution is -2.36. The summed E-state index contributed by atoms with van der Waals surface area (Å²) in [4.78, 5) is 24.2. The molecule has 9 heteroatoms. The number of amides is 1. The molecule has 0 aliphatic carbocycles. The average Bonchev–Trinajstić information content (AvgIpc) is 2.62. The molecule has 29 heavy (non-hydrogen) atoms. The number of hydrogen-bond acceptors (Lipinski definition) is 5. The van der Waals surface area contributed by atoms with Gasteiger partial charge in [0, 0.05) is 12.2 Å². The quantitative estimate of drug-likeness (QED) is 0.639. The first-order valence-corrected chi connectivity index (χ1v) is 11.1. The largest absolute Gasteiger partial charge is 0.462 e. The van der Waals surface area contributed by atoms with Crippen molar-refractivity contribution in [1.29, 1.82) is 0 Å². The Morgan fingerprint density at radius 3 is 2.34 bits per heavy atom. The lowest BCUT2D eigenvalue weighted by molar-refractivity contribution is -0.116. The highest BCUT2D eigenvalue weighted by molar-refractivity contribution is 7.88. The molecule has 2 aromatic rings. The Hall–Kier alpha value is -2.42. The van der Waals surface area contributed by atoms with E-state index in [0.717, 1.165) is 21.7 Å². The molecule has 7 nitrogen and oxygen atoms in total. The topological polar surface area (TPSA) is 92.8 Å². The van der Waals surface area contributed by atoms with E-state index in [2.05, 4.69) is 5.32 Å². The minimum atomic E-state index is -3.61. The molecule has 0 atom stereocenters. The van der Waals surface area contributed by atoms with Gasteiger partial charge in [0.15, 0.2) is 0 Å². The van der Waals surface area contributed by atoms with Crippen LogP contribution in [0.1, 0.15) is 28.4 Å². The van der Waals surface area contributed by atoms with Crippen LogP contribution in [-0.2, 0) is 26.1 Å². The van der Waals surface area contributed by atoms with E-state index in [0.29, 0.717) is 5.69 Å². The summed E-state index contributed by atoms with van der Waals surface area (Å²) in [6.45, 7) is 3.56. The SMILES string of the molecule is CCOC(=O)c1ccc(NC(=O)CN(Cc2ccc(C)cc2)S(C)(=O)=O)cc1Cl. The second-order valence-corrected chi connectivity index (χ2v) is 8.87. The van der Waals surface area contributed by atoms with E-state index in [-0.39, 0.29) is 30.3 Å². The summed E-state index contributed by atoms with van der Waals surface area (Å²) >= 11 is 6.08. The zero-order valence-corrected chi connectivity index (χ0v) is 18.0. The number of hydrogen-bond donors (Lipinski definition) is 1. The molecule has 0 heterocycles. The first kappa shape index (κ1) is 22.9. The summed E-state index contributed by atoms with van der Waals surface area (Å²) in [6, 6.07) is 11.7. The predicted molar refractivity (Wildman–Crippen MR) is 112 cm³/mol. The summed E-state index contributed by atoms with van der Waals surface area (Å²) in [5.41, 5.74) is 2.36. The normalized spacial score (nSPS) is 11.3. The van der Waals surface area contributed by atoms with Crippen LogP contribution in [-0.4, -0.2) is 44.0 Å². The molecule has 0 saturated carbocycles. The molecule has 0 radical (unpaired) electrons. The molecule has 0 bridgehead atoms. The number of sulfonamides is 1. The highest BCUT2D eigenvalue weighted by Crippen LogP contribution is 2.22. The van der Waals surface area contributed by atoms with Crippen molar-refractivity contribution < 1.29 is 22.7 Å². The molecule has 0 unspecified atom stereocenters. The van der Waals surface area contributed by atoms with Crippen molar-refractivity contribution in [2.24, 2.45) is 0 Å². The monoisotopic (exact) mass is 438 g/mol. The Kier molecular flexibility index (Phi) is 7.78. The van der Waals surface area contributed by atoms with Crippen molar-refractivity contribution in [3.63, 3.8) is 0 Å². The maximum absolute atomic E-state index is 12.4. The summed E-state index contributed by atoms with van der Waals surface area (Å²) < 4.78 is 30.2. The number of rotatable bonds is 8. The van der Waals surface area contributed by atoms with Crippen molar-refractivity contribution >= 4 is 39.2 Å². The Morgan fingerprint density at radius 2 is 1.79 bits per heavy atom. The summed E-state index contributed by atoms with van der Waals surface area (Å²) in [5.74, 6) is -1.08. The molecule has 0 aromatic heterocycles. The highest BCUT2D eigenvalue weighted by Gasteiger charge is 2.21. The van der Waals surface area contributed by atoms with Gasteiger partial charge in [0.2, 0.25) is 15.9 Å². The van der Waals surface area contributed by atoms with Gasteiger partial charge >= 0.3 is 5.97 Å². The van der Waals surface area contributed by atoms with Gasteiger partial charge in [-0.15, -0.1) is 0 Å². The Labute approximate surface area is 175 Å². The van der Waals surface area contributed by atoms with Gasteiger partial charge in [0.1, 0.15) is 0 Å². The fraction of sp³-hybridized carbons (Fsp3) is 0.300. The van der Waals surface area contributed by atoms with Gasteiger partial charge in [-0.3, -0.25) is 4.79 Å². The molecule has 0 saturated heterocycles. The number of nitrogens with one attached hydrogen (secondary N) is 1. The Morgan fingerprint density at radius 1 is 1.14 bits per heavy atom. The number of esters is 1. The van der Waals surface area contributed by atoms with Crippen LogP contribution in [0.25, 0.3) is 0 Å². The molecule has 1 N–H and O–H groups in total. The summed E-state index contributed by atoms with van der Waals surface area (Å²) in [7, 11) is -3.61. The molecule has 1 amide bonds. The molecule has 0 spiro atoms. The van der Waals surface area contributed by atoms with Crippen LogP contribution < -0.4 is 5.32 Å². The highest BCUT2D eigenvalue weighted by atomic mass is 35.5. The van der Waals surface area contributed by atoms with Gasteiger partial charge in [0.05, 0.1) is 30.0 Å². The molecule has 0 fully saturated rings. The number of halogens is 1. The third-order valence-corrected chi connectivity index (χ3v) is 5.53. The van der Waals surface area contributed by atoms with Crippen molar-refractivity contribution in [2.75, 3.05) is 24.7 Å². The lowest BCUT2D eigenvalue weighted by Gasteiger charge is -2.20. The van der Waals surface area contributed by atoms with E-state index in [1.54, 1.807) is 6.92 Å². The van der Waals surface area contributed by atoms with Crippen LogP contribution in [0.3, 0.4) is 0 Å². The van der Waals surface area contributed by atoms with E-state index >= 15 is 0 Å². The zero-order chi connectivity index (χ0) is 21.6. The number of nitrogens with zero attached hydrogens (tertiary/aromatic N) is 1. The lowest BCUT2D eigenvalue weighted by atomic mass is 10.1. The number of benzene rings is 2. The van der Waals surface area contributed by atoms with Crippen LogP contribution >= 0.6 is 11.6 Å². The Balaban J connectivity index is 2.09. The van der Waals surface area contributed by atoms with Gasteiger partial charge < -0.3 is 10.1 Å². The molecule has 156 valence electrons. The number of carbonyl (C=O) groups is 2. The van der Waals surface area contributed by atoms with Gasteiger partial charge in [-0.1, -0.05) is 41.4 Å². The molecule has 2 aromatic carbocycles. The number of carbonyl (C=O) groups excluding carboxylic acids is 2. The van der Waals surface area contributed by atoms with E-state index in [1.165, 1.54) is 18.2 Å². The molecule has 2 rings (SSSR count). The second-order valence-electron chi connectivity index (χ2n) is 6.48. The van der Waals surface area contributed by atoms with E-state index < -0.39 is 21.9 Å². The van der Waals surface area contributed by atoms with E-state index in [9.17, 15) is 18.0 Å². The predicted octanol–water partition coefficient (Wildman–Crippen LogP) is 3.23. The minimum Gasteiger partial charge on any atom is -0.462 e. The first-order valence-electron chi connectivity index (χ1n) is 8.87. The van der Waals surface area contributed by atoms with E-state index in [4.69, 9.17) is 16.3 Å². The third kappa shape index (κ3) is 6.85. The maximum atomic E-state index is 12.4. The fourth-order valence-electron chi connectivity index (χ4n) is 2.52. The molecular formula is C20H23ClN2O5S. The fourth-order valence-corrected chi connectivity index (χ4v) is 3.51. The number of anilines is 1. The second kappa shape index (κ2) is 9.87. The van der Waals surface area contributed by atoms with Gasteiger partial charge in [-0.25, -0.2) is 13.2 Å². The number of aryl methyl sites for hydroxylation is 1. The third-order valence-electron chi connectivity index (χ3n) is 4.02. The molecule has 0 aliphatic heterocycles. The average molecular weight is 439 g/mol. The van der Waals surface area contributed by atoms with Gasteiger partial charge in [-0.2, -0.15) is 4.31 Å². The molecular weight excluding hydrogens is 416 g/mol. The molecule has 0 aliphatic rings. The van der Waals surface area contributed by atoms with Gasteiger partial charge in [0.25, 0.3) is 0 Å². The van der Waals surface area contributed by atoms with E-state index in [1.807, 2.05) is 31.2 Å². The summed E-state index contributed by atoms with van der Waals surface area (Å²) in [6.07, 6.45) is 1.06. The van der Waals surface area contributed by atoms with Crippen molar-refractivity contribution in [3.05, 3.63) is 64.2 Å². The first-order chi connectivity index (χ1) is 13.6. The minimum absolute atomic E-state index is 0.0785. The Bertz CT molecular complexity index is 990. The summed E-state index contributed by atoms with van der Waals surface area (Å²) in [5, 5.41) is 2.72. The van der Waals surface area contributed by atoms with Crippen LogP contribution in [0.15, 0.2) is 42.5 Å². The zero-order valence-electron chi connectivity index (χ0n) is 16.4. The van der Waals surface area contributed by atoms with Crippen molar-refractivity contribution in [2.45, 2.75) is 20.4 Å².